The molecule has 0 radical (unpaired) electrons. The van der Waals surface area contributed by atoms with E-state index in [9.17, 15) is 4.79 Å². The first-order valence-electron chi connectivity index (χ1n) is 7.96. The molecule has 1 unspecified atom stereocenters. The summed E-state index contributed by atoms with van der Waals surface area (Å²) >= 11 is 1.68. The van der Waals surface area contributed by atoms with Gasteiger partial charge in [-0.1, -0.05) is 12.1 Å². The maximum absolute atomic E-state index is 12.0. The first-order chi connectivity index (χ1) is 11.2. The molecule has 0 spiro atoms. The molecule has 0 aliphatic carbocycles. The highest BCUT2D eigenvalue weighted by atomic mass is 35.5. The molecule has 1 atom stereocenters. The van der Waals surface area contributed by atoms with E-state index < -0.39 is 0 Å². The van der Waals surface area contributed by atoms with Gasteiger partial charge in [-0.2, -0.15) is 0 Å². The summed E-state index contributed by atoms with van der Waals surface area (Å²) in [5.74, 6) is 0.987. The fraction of sp³-hybridized carbons (Fsp3) is 0.389. The summed E-state index contributed by atoms with van der Waals surface area (Å²) in [5, 5.41) is 8.50. The Kier molecular flexibility index (Phi) is 7.09. The molecular formula is C18H23ClN2O2S. The number of thiophene rings is 1. The number of carbonyl (C=O) groups excluding carboxylic acids is 1. The average molecular weight is 367 g/mol. The van der Waals surface area contributed by atoms with Gasteiger partial charge in [0.2, 0.25) is 5.91 Å². The van der Waals surface area contributed by atoms with E-state index in [2.05, 4.69) is 34.2 Å². The van der Waals surface area contributed by atoms with Crippen molar-refractivity contribution in [1.29, 1.82) is 0 Å². The van der Waals surface area contributed by atoms with E-state index >= 15 is 0 Å². The quantitative estimate of drug-likeness (QED) is 0.821. The molecule has 1 aromatic heterocycles. The summed E-state index contributed by atoms with van der Waals surface area (Å²) in [4.78, 5) is 13.1. The van der Waals surface area contributed by atoms with Crippen LogP contribution in [0.2, 0.25) is 0 Å². The largest absolute Gasteiger partial charge is 0.497 e. The topological polar surface area (TPSA) is 50.4 Å². The van der Waals surface area contributed by atoms with E-state index in [1.807, 2.05) is 12.1 Å². The summed E-state index contributed by atoms with van der Waals surface area (Å²) in [6.07, 6.45) is 2.86. The van der Waals surface area contributed by atoms with Gasteiger partial charge in [0.1, 0.15) is 5.75 Å². The Hall–Kier alpha value is -1.56. The summed E-state index contributed by atoms with van der Waals surface area (Å²) in [6.45, 7) is 1.64. The van der Waals surface area contributed by atoms with E-state index in [0.29, 0.717) is 19.0 Å². The van der Waals surface area contributed by atoms with Gasteiger partial charge in [0.25, 0.3) is 0 Å². The summed E-state index contributed by atoms with van der Waals surface area (Å²) < 4.78 is 5.18. The van der Waals surface area contributed by atoms with Gasteiger partial charge in [0.05, 0.1) is 13.7 Å². The molecular weight excluding hydrogens is 344 g/mol. The van der Waals surface area contributed by atoms with Crippen molar-refractivity contribution in [1.82, 2.24) is 10.6 Å². The van der Waals surface area contributed by atoms with Crippen LogP contribution in [0, 0.1) is 0 Å². The molecule has 1 saturated heterocycles. The maximum Gasteiger partial charge on any atom is 0.221 e. The van der Waals surface area contributed by atoms with Crippen LogP contribution in [0.25, 0.3) is 11.1 Å². The Morgan fingerprint density at radius 2 is 2.12 bits per heavy atom. The monoisotopic (exact) mass is 366 g/mol. The Balaban J connectivity index is 0.00000208. The Labute approximate surface area is 153 Å². The van der Waals surface area contributed by atoms with Crippen molar-refractivity contribution in [3.05, 3.63) is 40.6 Å². The lowest BCUT2D eigenvalue weighted by Gasteiger charge is -2.09. The molecule has 3 rings (SSSR count). The average Bonchev–Trinajstić information content (AvgIpc) is 3.25. The highest BCUT2D eigenvalue weighted by Crippen LogP contribution is 2.27. The van der Waals surface area contributed by atoms with Crippen molar-refractivity contribution >= 4 is 29.7 Å². The third kappa shape index (κ3) is 4.97. The molecule has 2 aromatic rings. The van der Waals surface area contributed by atoms with E-state index in [1.54, 1.807) is 18.4 Å². The predicted molar refractivity (Wildman–Crippen MR) is 101 cm³/mol. The minimum absolute atomic E-state index is 0. The molecule has 4 nitrogen and oxygen atoms in total. The van der Waals surface area contributed by atoms with Crippen molar-refractivity contribution in [2.75, 3.05) is 13.7 Å². The molecule has 1 aliphatic heterocycles. The third-order valence-electron chi connectivity index (χ3n) is 4.13. The Morgan fingerprint density at radius 1 is 1.33 bits per heavy atom. The van der Waals surface area contributed by atoms with E-state index in [-0.39, 0.29) is 18.3 Å². The summed E-state index contributed by atoms with van der Waals surface area (Å²) in [5.41, 5.74) is 2.34. The number of amides is 1. The van der Waals surface area contributed by atoms with E-state index in [0.717, 1.165) is 24.3 Å². The first kappa shape index (κ1) is 18.8. The highest BCUT2D eigenvalue weighted by Gasteiger charge is 2.17. The van der Waals surface area contributed by atoms with Gasteiger partial charge >= 0.3 is 0 Å². The SMILES string of the molecule is COc1ccc(-c2csc(CNC(=O)CC3CCCN3)c2)cc1.Cl. The lowest BCUT2D eigenvalue weighted by molar-refractivity contribution is -0.121. The minimum Gasteiger partial charge on any atom is -0.497 e. The van der Waals surface area contributed by atoms with Crippen molar-refractivity contribution in [2.24, 2.45) is 0 Å². The lowest BCUT2D eigenvalue weighted by Crippen LogP contribution is -2.31. The lowest BCUT2D eigenvalue weighted by atomic mass is 10.1. The standard InChI is InChI=1S/C18H22N2O2S.ClH/c1-22-16-6-4-13(5-7-16)14-9-17(23-12-14)11-20-18(21)10-15-3-2-8-19-15;/h4-7,9,12,15,19H,2-3,8,10-11H2,1H3,(H,20,21);1H. The number of halogens is 1. The van der Waals surface area contributed by atoms with Crippen molar-refractivity contribution in [2.45, 2.75) is 31.8 Å². The number of ether oxygens (including phenoxy) is 1. The van der Waals surface area contributed by atoms with E-state index in [4.69, 9.17) is 4.74 Å². The van der Waals surface area contributed by atoms with Crippen molar-refractivity contribution in [3.63, 3.8) is 0 Å². The molecule has 2 N–H and O–H groups in total. The van der Waals surface area contributed by atoms with Crippen LogP contribution in [-0.4, -0.2) is 25.6 Å². The molecule has 130 valence electrons. The minimum atomic E-state index is 0. The fourth-order valence-electron chi connectivity index (χ4n) is 2.82. The zero-order valence-electron chi connectivity index (χ0n) is 13.7. The van der Waals surface area contributed by atoms with Gasteiger partial charge < -0.3 is 15.4 Å². The van der Waals surface area contributed by atoms with Gasteiger partial charge in [0, 0.05) is 17.3 Å². The van der Waals surface area contributed by atoms with Gasteiger partial charge in [-0.05, 0) is 54.1 Å². The normalized spacial score (nSPS) is 16.5. The van der Waals surface area contributed by atoms with Crippen LogP contribution in [0.4, 0.5) is 0 Å². The number of nitrogens with one attached hydrogen (secondary N) is 2. The Morgan fingerprint density at radius 3 is 2.79 bits per heavy atom. The molecule has 2 heterocycles. The van der Waals surface area contributed by atoms with Gasteiger partial charge in [-0.3, -0.25) is 4.79 Å². The van der Waals surface area contributed by atoms with Gasteiger partial charge in [0.15, 0.2) is 0 Å². The molecule has 1 fully saturated rings. The number of rotatable bonds is 6. The van der Waals surface area contributed by atoms with E-state index in [1.165, 1.54) is 16.9 Å². The maximum atomic E-state index is 12.0. The molecule has 1 aliphatic rings. The van der Waals surface area contributed by atoms with Crippen LogP contribution >= 0.6 is 23.7 Å². The summed E-state index contributed by atoms with van der Waals surface area (Å²) in [6, 6.07) is 10.5. The van der Waals surface area contributed by atoms with Crippen LogP contribution in [0.3, 0.4) is 0 Å². The van der Waals surface area contributed by atoms with Crippen LogP contribution in [0.5, 0.6) is 5.75 Å². The zero-order valence-corrected chi connectivity index (χ0v) is 15.3. The smallest absolute Gasteiger partial charge is 0.221 e. The molecule has 0 bridgehead atoms. The molecule has 1 aromatic carbocycles. The molecule has 0 saturated carbocycles. The summed E-state index contributed by atoms with van der Waals surface area (Å²) in [7, 11) is 1.67. The molecule has 1 amide bonds. The van der Waals surface area contributed by atoms with Crippen molar-refractivity contribution in [3.8, 4) is 16.9 Å². The second kappa shape index (κ2) is 9.06. The first-order valence-corrected chi connectivity index (χ1v) is 8.84. The number of hydrogen-bond acceptors (Lipinski definition) is 4. The number of hydrogen-bond donors (Lipinski definition) is 2. The fourth-order valence-corrected chi connectivity index (χ4v) is 3.65. The second-order valence-electron chi connectivity index (χ2n) is 5.80. The number of carbonyl (C=O) groups is 1. The third-order valence-corrected chi connectivity index (χ3v) is 5.07. The highest BCUT2D eigenvalue weighted by molar-refractivity contribution is 7.10. The second-order valence-corrected chi connectivity index (χ2v) is 6.80. The van der Waals surface area contributed by atoms with Crippen LogP contribution in [-0.2, 0) is 11.3 Å². The molecule has 24 heavy (non-hydrogen) atoms. The Bertz CT molecular complexity index is 651. The van der Waals surface area contributed by atoms with Crippen LogP contribution in [0.15, 0.2) is 35.7 Å². The predicted octanol–water partition coefficient (Wildman–Crippen LogP) is 3.60. The zero-order chi connectivity index (χ0) is 16.1. The van der Waals surface area contributed by atoms with Crippen LogP contribution in [0.1, 0.15) is 24.1 Å². The van der Waals surface area contributed by atoms with Gasteiger partial charge in [-0.25, -0.2) is 0 Å². The number of benzene rings is 1. The van der Waals surface area contributed by atoms with Crippen molar-refractivity contribution < 1.29 is 9.53 Å². The van der Waals surface area contributed by atoms with Crippen LogP contribution < -0.4 is 15.4 Å². The number of methoxy groups -OCH3 is 1. The van der Waals surface area contributed by atoms with Gasteiger partial charge in [-0.15, -0.1) is 23.7 Å². The molecule has 6 heteroatoms.